The van der Waals surface area contributed by atoms with Crippen molar-refractivity contribution in [2.24, 2.45) is 10.4 Å². The van der Waals surface area contributed by atoms with Gasteiger partial charge in [-0.25, -0.2) is 4.99 Å². The van der Waals surface area contributed by atoms with Crippen LogP contribution in [0.25, 0.3) is 0 Å². The Balaban J connectivity index is 2.12. The highest BCUT2D eigenvalue weighted by atomic mass is 16.5. The molecule has 7 nitrogen and oxygen atoms in total. The van der Waals surface area contributed by atoms with Crippen molar-refractivity contribution < 1.29 is 18.9 Å². The maximum Gasteiger partial charge on any atom is 0.191 e. The molecule has 0 atom stereocenters. The molecule has 1 aromatic rings. The summed E-state index contributed by atoms with van der Waals surface area (Å²) < 4.78 is 21.7. The monoisotopic (exact) mass is 393 g/mol. The fourth-order valence-electron chi connectivity index (χ4n) is 3.52. The van der Waals surface area contributed by atoms with Crippen molar-refractivity contribution in [3.63, 3.8) is 0 Å². The number of guanidine groups is 1. The average molecular weight is 394 g/mol. The van der Waals surface area contributed by atoms with Crippen LogP contribution in [0.3, 0.4) is 0 Å². The molecule has 7 heteroatoms. The Morgan fingerprint density at radius 2 is 1.71 bits per heavy atom. The van der Waals surface area contributed by atoms with E-state index in [9.17, 15) is 0 Å². The third kappa shape index (κ3) is 5.67. The van der Waals surface area contributed by atoms with Gasteiger partial charge in [-0.1, -0.05) is 6.42 Å². The van der Waals surface area contributed by atoms with Gasteiger partial charge < -0.3 is 29.6 Å². The summed E-state index contributed by atoms with van der Waals surface area (Å²) in [5.41, 5.74) is 1.21. The molecule has 1 saturated carbocycles. The van der Waals surface area contributed by atoms with Crippen LogP contribution >= 0.6 is 0 Å². The van der Waals surface area contributed by atoms with Crippen LogP contribution in [0.5, 0.6) is 17.2 Å². The van der Waals surface area contributed by atoms with E-state index in [2.05, 4.69) is 17.6 Å². The van der Waals surface area contributed by atoms with E-state index < -0.39 is 0 Å². The molecule has 0 radical (unpaired) electrons. The summed E-state index contributed by atoms with van der Waals surface area (Å²) in [5, 5.41) is 6.85. The number of hydrogen-bond acceptors (Lipinski definition) is 5. The largest absolute Gasteiger partial charge is 0.496 e. The van der Waals surface area contributed by atoms with Crippen LogP contribution in [-0.2, 0) is 11.3 Å². The highest BCUT2D eigenvalue weighted by molar-refractivity contribution is 5.80. The summed E-state index contributed by atoms with van der Waals surface area (Å²) >= 11 is 0. The molecule has 0 saturated heterocycles. The van der Waals surface area contributed by atoms with Gasteiger partial charge in [-0.2, -0.15) is 0 Å². The Bertz CT molecular complexity index is 620. The van der Waals surface area contributed by atoms with Crippen molar-refractivity contribution in [3.8, 4) is 17.2 Å². The molecule has 1 aliphatic carbocycles. The Morgan fingerprint density at radius 1 is 1.04 bits per heavy atom. The first-order chi connectivity index (χ1) is 13.6. The molecular weight excluding hydrogens is 358 g/mol. The molecule has 0 unspecified atom stereocenters. The summed E-state index contributed by atoms with van der Waals surface area (Å²) in [6.07, 6.45) is 4.85. The third-order valence-electron chi connectivity index (χ3n) is 5.44. The number of ether oxygens (including phenoxy) is 4. The zero-order valence-corrected chi connectivity index (χ0v) is 17.9. The van der Waals surface area contributed by atoms with Gasteiger partial charge in [0.25, 0.3) is 0 Å². The maximum absolute atomic E-state index is 5.52. The predicted molar refractivity (Wildman–Crippen MR) is 112 cm³/mol. The summed E-state index contributed by atoms with van der Waals surface area (Å²) in [5.74, 6) is 2.89. The average Bonchev–Trinajstić information content (AvgIpc) is 2.70. The highest BCUT2D eigenvalue weighted by Crippen LogP contribution is 2.43. The lowest BCUT2D eigenvalue weighted by Gasteiger charge is -2.42. The molecule has 0 aromatic heterocycles. The molecule has 0 aliphatic heterocycles. The number of methoxy groups -OCH3 is 4. The predicted octanol–water partition coefficient (Wildman–Crippen LogP) is 2.97. The highest BCUT2D eigenvalue weighted by Gasteiger charge is 2.36. The first kappa shape index (κ1) is 22.1. The number of rotatable bonds is 11. The van der Waals surface area contributed by atoms with Crippen LogP contribution in [0.4, 0.5) is 0 Å². The second-order valence-electron chi connectivity index (χ2n) is 7.16. The van der Waals surface area contributed by atoms with Gasteiger partial charge in [0.1, 0.15) is 17.2 Å². The molecule has 2 N–H and O–H groups in total. The van der Waals surface area contributed by atoms with Gasteiger partial charge in [-0.3, -0.25) is 0 Å². The van der Waals surface area contributed by atoms with Crippen molar-refractivity contribution >= 4 is 5.96 Å². The van der Waals surface area contributed by atoms with Gasteiger partial charge >= 0.3 is 0 Å². The summed E-state index contributed by atoms with van der Waals surface area (Å²) in [7, 11) is 6.67. The molecule has 1 aliphatic rings. The molecule has 0 amide bonds. The van der Waals surface area contributed by atoms with Gasteiger partial charge in [-0.05, 0) is 31.6 Å². The van der Waals surface area contributed by atoms with E-state index in [-0.39, 0.29) is 0 Å². The van der Waals surface area contributed by atoms with Crippen LogP contribution < -0.4 is 24.8 Å². The Labute approximate surface area is 168 Å². The van der Waals surface area contributed by atoms with Crippen LogP contribution in [0.2, 0.25) is 0 Å². The lowest BCUT2D eigenvalue weighted by atomic mass is 9.67. The van der Waals surface area contributed by atoms with Crippen molar-refractivity contribution in [3.05, 3.63) is 17.7 Å². The third-order valence-corrected chi connectivity index (χ3v) is 5.44. The van der Waals surface area contributed by atoms with Crippen molar-refractivity contribution in [2.75, 3.05) is 48.1 Å². The first-order valence-electron chi connectivity index (χ1n) is 9.91. The van der Waals surface area contributed by atoms with Crippen molar-refractivity contribution in [2.45, 2.75) is 39.2 Å². The molecule has 0 heterocycles. The van der Waals surface area contributed by atoms with E-state index in [1.807, 2.05) is 12.1 Å². The standard InChI is InChI=1S/C21H35N3O4/c1-6-22-20(24-15-21(8-7-9-21)10-11-25-2)23-14-17-18(27-4)12-16(26-3)13-19(17)28-5/h12-13H,6-11,14-15H2,1-5H3,(H2,22,23,24). The number of benzene rings is 1. The quantitative estimate of drug-likeness (QED) is 0.445. The van der Waals surface area contributed by atoms with Crippen molar-refractivity contribution in [1.82, 2.24) is 10.6 Å². The van der Waals surface area contributed by atoms with Gasteiger partial charge in [0, 0.05) is 38.9 Å². The second kappa shape index (κ2) is 11.0. The van der Waals surface area contributed by atoms with Gasteiger partial charge in [0.2, 0.25) is 0 Å². The normalized spacial score (nSPS) is 15.5. The van der Waals surface area contributed by atoms with E-state index in [0.717, 1.165) is 37.6 Å². The Kier molecular flexibility index (Phi) is 8.70. The summed E-state index contributed by atoms with van der Waals surface area (Å²) in [4.78, 5) is 4.76. The van der Waals surface area contributed by atoms with E-state index in [0.29, 0.717) is 29.2 Å². The molecule has 158 valence electrons. The van der Waals surface area contributed by atoms with Crippen LogP contribution in [0.15, 0.2) is 17.1 Å². The SMILES string of the molecule is CCNC(=NCc1c(OC)cc(OC)cc1OC)NCC1(CCOC)CCC1. The van der Waals surface area contributed by atoms with Gasteiger partial charge in [0.05, 0.1) is 33.4 Å². The molecule has 2 rings (SSSR count). The lowest BCUT2D eigenvalue weighted by molar-refractivity contribution is 0.0732. The molecule has 1 aromatic carbocycles. The maximum atomic E-state index is 5.52. The lowest BCUT2D eigenvalue weighted by Crippen LogP contribution is -2.47. The topological polar surface area (TPSA) is 73.3 Å². The smallest absolute Gasteiger partial charge is 0.191 e. The minimum Gasteiger partial charge on any atom is -0.496 e. The minimum atomic E-state index is 0.321. The van der Waals surface area contributed by atoms with Gasteiger partial charge in [0.15, 0.2) is 5.96 Å². The molecule has 28 heavy (non-hydrogen) atoms. The van der Waals surface area contributed by atoms with E-state index in [4.69, 9.17) is 23.9 Å². The fourth-order valence-corrected chi connectivity index (χ4v) is 3.52. The summed E-state index contributed by atoms with van der Waals surface area (Å²) in [6.45, 7) is 5.01. The Morgan fingerprint density at radius 3 is 2.18 bits per heavy atom. The Hall–Kier alpha value is -2.15. The van der Waals surface area contributed by atoms with Gasteiger partial charge in [-0.15, -0.1) is 0 Å². The fraction of sp³-hybridized carbons (Fsp3) is 0.667. The minimum absolute atomic E-state index is 0.321. The van der Waals surface area contributed by atoms with Crippen LogP contribution in [-0.4, -0.2) is 54.1 Å². The number of nitrogens with one attached hydrogen (secondary N) is 2. The number of aliphatic imine (C=N–C) groups is 1. The molecule has 0 spiro atoms. The molecule has 0 bridgehead atoms. The summed E-state index contributed by atoms with van der Waals surface area (Å²) in [6, 6.07) is 3.70. The first-order valence-corrected chi connectivity index (χ1v) is 9.91. The number of hydrogen-bond donors (Lipinski definition) is 2. The molecular formula is C21H35N3O4. The van der Waals surface area contributed by atoms with Crippen molar-refractivity contribution in [1.29, 1.82) is 0 Å². The van der Waals surface area contributed by atoms with Crippen LogP contribution in [0, 0.1) is 5.41 Å². The molecule has 1 fully saturated rings. The zero-order valence-electron chi connectivity index (χ0n) is 17.9. The number of nitrogens with zero attached hydrogens (tertiary/aromatic N) is 1. The van der Waals surface area contributed by atoms with E-state index in [1.54, 1.807) is 28.4 Å². The van der Waals surface area contributed by atoms with E-state index in [1.165, 1.54) is 19.3 Å². The van der Waals surface area contributed by atoms with Crippen LogP contribution in [0.1, 0.15) is 38.2 Å². The van der Waals surface area contributed by atoms with E-state index >= 15 is 0 Å². The zero-order chi connectivity index (χ0) is 20.4. The second-order valence-corrected chi connectivity index (χ2v) is 7.16.